The largest absolute Gasteiger partial charge is 0.388 e. The van der Waals surface area contributed by atoms with E-state index >= 15 is 0 Å². The minimum absolute atomic E-state index is 0.106. The second kappa shape index (κ2) is 20.8. The third-order valence-electron chi connectivity index (χ3n) is 5.15. The lowest BCUT2D eigenvalue weighted by atomic mass is 10.0. The molecule has 0 aliphatic rings. The minimum atomic E-state index is -0.938. The Balaban J connectivity index is 5.16. The molecule has 0 aromatic heterocycles. The number of hydrogen-bond acceptors (Lipinski definition) is 10. The van der Waals surface area contributed by atoms with Crippen LogP contribution in [0, 0.1) is 0 Å². The van der Waals surface area contributed by atoms with Gasteiger partial charge in [-0.15, -0.1) is 0 Å². The molecule has 0 aromatic carbocycles. The van der Waals surface area contributed by atoms with Gasteiger partial charge in [-0.3, -0.25) is 0 Å². The molecule has 4 unspecified atom stereocenters. The monoisotopic (exact) mass is 494 g/mol. The summed E-state index contributed by atoms with van der Waals surface area (Å²) < 4.78 is 23.6. The first kappa shape index (κ1) is 33.6. The quantitative estimate of drug-likeness (QED) is 0.182. The molecular weight excluding hydrogens is 440 g/mol. The molecule has 2 N–H and O–H groups in total. The van der Waals surface area contributed by atoms with Gasteiger partial charge in [-0.2, -0.15) is 0 Å². The van der Waals surface area contributed by atoms with Gasteiger partial charge in [0, 0.05) is 26.3 Å². The molecule has 0 rings (SSSR count). The summed E-state index contributed by atoms with van der Waals surface area (Å²) in [5, 5.41) is 21.9. The van der Waals surface area contributed by atoms with Gasteiger partial charge in [-0.1, -0.05) is 0 Å². The Kier molecular flexibility index (Phi) is 20.5. The van der Waals surface area contributed by atoms with Crippen LogP contribution in [0.1, 0.15) is 12.8 Å². The van der Waals surface area contributed by atoms with E-state index in [4.69, 9.17) is 18.9 Å². The number of nitrogens with zero attached hydrogens (tertiary/aromatic N) is 4. The molecule has 0 aliphatic heterocycles. The van der Waals surface area contributed by atoms with Crippen molar-refractivity contribution < 1.29 is 29.2 Å². The van der Waals surface area contributed by atoms with Crippen LogP contribution in [-0.2, 0) is 18.9 Å². The van der Waals surface area contributed by atoms with Crippen LogP contribution in [0.3, 0.4) is 0 Å². The summed E-state index contributed by atoms with van der Waals surface area (Å²) in [5.74, 6) is 0. The molecule has 0 amide bonds. The Hall–Kier alpha value is -0.400. The predicted octanol–water partition coefficient (Wildman–Crippen LogP) is -0.462. The summed E-state index contributed by atoms with van der Waals surface area (Å²) in [5.41, 5.74) is 0. The molecule has 0 aromatic rings. The fraction of sp³-hybridized carbons (Fsp3) is 1.00. The van der Waals surface area contributed by atoms with E-state index in [1.54, 1.807) is 0 Å². The molecule has 10 heteroatoms. The van der Waals surface area contributed by atoms with E-state index in [-0.39, 0.29) is 13.2 Å². The van der Waals surface area contributed by atoms with Crippen LogP contribution in [0.25, 0.3) is 0 Å². The van der Waals surface area contributed by atoms with Crippen LogP contribution in [0.2, 0.25) is 0 Å². The normalized spacial score (nSPS) is 16.1. The van der Waals surface area contributed by atoms with Gasteiger partial charge in [0.2, 0.25) is 0 Å². The van der Waals surface area contributed by atoms with Crippen molar-refractivity contribution in [2.75, 3.05) is 122 Å². The van der Waals surface area contributed by atoms with Crippen molar-refractivity contribution in [2.24, 2.45) is 0 Å². The summed E-state index contributed by atoms with van der Waals surface area (Å²) >= 11 is 0. The van der Waals surface area contributed by atoms with Gasteiger partial charge in [0.25, 0.3) is 0 Å². The Labute approximate surface area is 208 Å². The Morgan fingerprint density at radius 3 is 1.35 bits per heavy atom. The van der Waals surface area contributed by atoms with E-state index in [1.807, 2.05) is 66.2 Å². The molecular formula is C24H54N4O6. The third kappa shape index (κ3) is 18.9. The highest BCUT2D eigenvalue weighted by atomic mass is 16.6. The molecule has 0 radical (unpaired) electrons. The molecule has 206 valence electrons. The van der Waals surface area contributed by atoms with Crippen molar-refractivity contribution in [1.82, 2.24) is 19.6 Å². The molecule has 0 heterocycles. The maximum atomic E-state index is 11.0. The zero-order valence-corrected chi connectivity index (χ0v) is 23.1. The highest BCUT2D eigenvalue weighted by Crippen LogP contribution is 2.16. The number of hydrogen-bond donors (Lipinski definition) is 2. The zero-order chi connectivity index (χ0) is 25.9. The van der Waals surface area contributed by atoms with Gasteiger partial charge in [0.1, 0.15) is 24.4 Å². The van der Waals surface area contributed by atoms with Gasteiger partial charge in [-0.25, -0.2) is 0 Å². The first-order chi connectivity index (χ1) is 16.0. The summed E-state index contributed by atoms with van der Waals surface area (Å²) in [4.78, 5) is 8.21. The lowest BCUT2D eigenvalue weighted by Gasteiger charge is -2.34. The minimum Gasteiger partial charge on any atom is -0.388 e. The first-order valence-electron chi connectivity index (χ1n) is 12.4. The van der Waals surface area contributed by atoms with E-state index < -0.39 is 24.4 Å². The van der Waals surface area contributed by atoms with E-state index in [9.17, 15) is 10.2 Å². The van der Waals surface area contributed by atoms with Crippen LogP contribution >= 0.6 is 0 Å². The average Bonchev–Trinajstić information content (AvgIpc) is 2.73. The number of rotatable bonds is 23. The Bertz CT molecular complexity index is 457. The highest BCUT2D eigenvalue weighted by molar-refractivity contribution is 4.84. The third-order valence-corrected chi connectivity index (χ3v) is 5.15. The maximum absolute atomic E-state index is 11.0. The molecule has 0 fully saturated rings. The Morgan fingerprint density at radius 2 is 0.882 bits per heavy atom. The number of likely N-dealkylation sites (N-methyl/N-ethyl adjacent to an activating group) is 2. The van der Waals surface area contributed by atoms with Gasteiger partial charge < -0.3 is 48.8 Å². The topological polar surface area (TPSA) is 90.3 Å². The second-order valence-electron chi connectivity index (χ2n) is 9.88. The summed E-state index contributed by atoms with van der Waals surface area (Å²) in [6.45, 7) is 5.35. The van der Waals surface area contributed by atoms with Crippen LogP contribution < -0.4 is 0 Å². The lowest BCUT2D eigenvalue weighted by Crippen LogP contribution is -2.51. The molecule has 0 saturated heterocycles. The molecule has 0 spiro atoms. The maximum Gasteiger partial charge on any atom is 0.114 e. The lowest BCUT2D eigenvalue weighted by molar-refractivity contribution is -0.177. The molecule has 0 aliphatic carbocycles. The van der Waals surface area contributed by atoms with E-state index in [1.165, 1.54) is 0 Å². The fourth-order valence-electron chi connectivity index (χ4n) is 3.15. The summed E-state index contributed by atoms with van der Waals surface area (Å²) in [6.07, 6.45) is -1.66. The van der Waals surface area contributed by atoms with Gasteiger partial charge in [-0.05, 0) is 82.3 Å². The number of ether oxygens (including phenoxy) is 4. The summed E-state index contributed by atoms with van der Waals surface area (Å²) in [6, 6.07) is 0. The van der Waals surface area contributed by atoms with E-state index in [2.05, 4.69) is 9.80 Å². The van der Waals surface area contributed by atoms with Crippen LogP contribution in [0.5, 0.6) is 0 Å². The number of aliphatic hydroxyl groups excluding tert-OH is 2. The fourth-order valence-corrected chi connectivity index (χ4v) is 3.15. The second-order valence-corrected chi connectivity index (χ2v) is 9.88. The first-order valence-corrected chi connectivity index (χ1v) is 12.4. The van der Waals surface area contributed by atoms with Crippen LogP contribution in [-0.4, -0.2) is 176 Å². The average molecular weight is 495 g/mol. The van der Waals surface area contributed by atoms with Gasteiger partial charge >= 0.3 is 0 Å². The SMILES string of the molecule is CN(C)CCCOCC(O)C(OCCCN(C)C)C(OCCN(C)C)C(O)COCCN(C)C. The van der Waals surface area contributed by atoms with Crippen molar-refractivity contribution >= 4 is 0 Å². The smallest absolute Gasteiger partial charge is 0.114 e. The van der Waals surface area contributed by atoms with E-state index in [0.29, 0.717) is 33.0 Å². The molecule has 10 nitrogen and oxygen atoms in total. The van der Waals surface area contributed by atoms with Crippen molar-refractivity contribution in [3.8, 4) is 0 Å². The van der Waals surface area contributed by atoms with Crippen molar-refractivity contribution in [3.05, 3.63) is 0 Å². The van der Waals surface area contributed by atoms with Crippen molar-refractivity contribution in [3.63, 3.8) is 0 Å². The molecule has 34 heavy (non-hydrogen) atoms. The van der Waals surface area contributed by atoms with Crippen molar-refractivity contribution in [1.29, 1.82) is 0 Å². The number of aliphatic hydroxyl groups is 2. The summed E-state index contributed by atoms with van der Waals surface area (Å²) in [7, 11) is 15.9. The molecule has 4 atom stereocenters. The predicted molar refractivity (Wildman–Crippen MR) is 137 cm³/mol. The van der Waals surface area contributed by atoms with Gasteiger partial charge in [0.15, 0.2) is 0 Å². The molecule has 0 bridgehead atoms. The van der Waals surface area contributed by atoms with Crippen molar-refractivity contribution in [2.45, 2.75) is 37.3 Å². The standard InChI is InChI=1S/C24H54N4O6/c1-25(2)11-9-15-31-19-21(29)23(33-16-10-12-26(3)4)24(34-18-14-28(7)8)22(30)20-32-17-13-27(5)6/h21-24,29-30H,9-20H2,1-8H3. The zero-order valence-electron chi connectivity index (χ0n) is 23.1. The highest BCUT2D eigenvalue weighted by Gasteiger charge is 2.35. The van der Waals surface area contributed by atoms with E-state index in [0.717, 1.165) is 32.5 Å². The van der Waals surface area contributed by atoms with Gasteiger partial charge in [0.05, 0.1) is 26.4 Å². The molecule has 0 saturated carbocycles. The van der Waals surface area contributed by atoms with Crippen LogP contribution in [0.15, 0.2) is 0 Å². The van der Waals surface area contributed by atoms with Crippen LogP contribution in [0.4, 0.5) is 0 Å². The Morgan fingerprint density at radius 1 is 0.500 bits per heavy atom.